The Morgan fingerprint density at radius 1 is 1.40 bits per heavy atom. The molecule has 2 aromatic rings. The van der Waals surface area contributed by atoms with Crippen LogP contribution in [0.4, 0.5) is 0 Å². The molecule has 20 heavy (non-hydrogen) atoms. The molecular weight excluding hydrogens is 334 g/mol. The molecule has 1 unspecified atom stereocenters. The van der Waals surface area contributed by atoms with Gasteiger partial charge in [-0.25, -0.2) is 0 Å². The van der Waals surface area contributed by atoms with Crippen LogP contribution in [0.5, 0.6) is 5.75 Å². The number of hydrogen-bond acceptors (Lipinski definition) is 3. The van der Waals surface area contributed by atoms with Crippen molar-refractivity contribution in [3.05, 3.63) is 50.1 Å². The van der Waals surface area contributed by atoms with Crippen LogP contribution in [-0.2, 0) is 6.54 Å². The van der Waals surface area contributed by atoms with Gasteiger partial charge in [-0.3, -0.25) is 0 Å². The summed E-state index contributed by atoms with van der Waals surface area (Å²) in [4.78, 5) is 1.35. The Balaban J connectivity index is 1.80. The molecule has 1 atom stereocenters. The minimum Gasteiger partial charge on any atom is -0.493 e. The maximum Gasteiger partial charge on any atom is 0.126 e. The Morgan fingerprint density at radius 2 is 2.30 bits per heavy atom. The average Bonchev–Trinajstić information content (AvgIpc) is 2.73. The molecule has 0 radical (unpaired) electrons. The predicted molar refractivity (Wildman–Crippen MR) is 87.5 cm³/mol. The van der Waals surface area contributed by atoms with Crippen LogP contribution in [0.1, 0.15) is 34.9 Å². The number of halogens is 1. The van der Waals surface area contributed by atoms with Crippen LogP contribution in [0.15, 0.2) is 34.1 Å². The third-order valence-electron chi connectivity index (χ3n) is 3.70. The number of hydrogen-bond donors (Lipinski definition) is 1. The molecule has 2 nitrogen and oxygen atoms in total. The molecule has 0 saturated heterocycles. The van der Waals surface area contributed by atoms with Gasteiger partial charge in [-0.05, 0) is 52.7 Å². The van der Waals surface area contributed by atoms with Crippen molar-refractivity contribution in [1.82, 2.24) is 5.32 Å². The summed E-state index contributed by atoms with van der Waals surface area (Å²) in [5.41, 5.74) is 2.53. The number of benzene rings is 1. The molecule has 1 aromatic heterocycles. The average molecular weight is 352 g/mol. The van der Waals surface area contributed by atoms with Crippen LogP contribution >= 0.6 is 27.3 Å². The molecule has 0 spiro atoms. The van der Waals surface area contributed by atoms with Gasteiger partial charge in [-0.15, -0.1) is 11.3 Å². The zero-order valence-electron chi connectivity index (χ0n) is 11.5. The third-order valence-corrected chi connectivity index (χ3v) is 5.63. The fourth-order valence-corrected chi connectivity index (χ4v) is 4.09. The number of fused-ring (bicyclic) bond motifs is 1. The van der Waals surface area contributed by atoms with Crippen LogP contribution in [0.3, 0.4) is 0 Å². The Labute approximate surface area is 132 Å². The van der Waals surface area contributed by atoms with Gasteiger partial charge in [-0.2, -0.15) is 0 Å². The van der Waals surface area contributed by atoms with Gasteiger partial charge in [0.15, 0.2) is 0 Å². The van der Waals surface area contributed by atoms with Crippen LogP contribution in [0.2, 0.25) is 0 Å². The van der Waals surface area contributed by atoms with Gasteiger partial charge in [0.25, 0.3) is 0 Å². The minimum atomic E-state index is 0.376. The number of para-hydroxylation sites is 1. The maximum absolute atomic E-state index is 5.92. The Bertz CT molecular complexity index is 596. The molecule has 2 heterocycles. The van der Waals surface area contributed by atoms with Crippen molar-refractivity contribution in [1.29, 1.82) is 0 Å². The molecule has 0 amide bonds. The maximum atomic E-state index is 5.92. The molecule has 106 valence electrons. The quantitative estimate of drug-likeness (QED) is 0.855. The van der Waals surface area contributed by atoms with Crippen LogP contribution in [0, 0.1) is 6.92 Å². The van der Waals surface area contributed by atoms with E-state index >= 15 is 0 Å². The van der Waals surface area contributed by atoms with Gasteiger partial charge in [-0.1, -0.05) is 18.2 Å². The van der Waals surface area contributed by atoms with E-state index in [1.54, 1.807) is 11.3 Å². The largest absolute Gasteiger partial charge is 0.493 e. The normalized spacial score (nSPS) is 18.2. The topological polar surface area (TPSA) is 21.3 Å². The second-order valence-corrected chi connectivity index (χ2v) is 6.96. The molecule has 0 saturated carbocycles. The van der Waals surface area contributed by atoms with E-state index < -0.39 is 0 Å². The summed E-state index contributed by atoms with van der Waals surface area (Å²) in [5.74, 6) is 1.08. The van der Waals surface area contributed by atoms with E-state index in [2.05, 4.69) is 57.8 Å². The SMILES string of the molecule is Cc1cccc2c1OCCCC2NCc1sccc1Br. The molecule has 1 aliphatic heterocycles. The molecule has 4 heteroatoms. The highest BCUT2D eigenvalue weighted by molar-refractivity contribution is 9.10. The standard InChI is InChI=1S/C16H18BrNOS/c1-11-4-2-5-12-14(6-3-8-19-16(11)12)18-10-15-13(17)7-9-20-15/h2,4-5,7,9,14,18H,3,6,8,10H2,1H3. The van der Waals surface area contributed by atoms with Crippen molar-refractivity contribution in [3.63, 3.8) is 0 Å². The minimum absolute atomic E-state index is 0.376. The highest BCUT2D eigenvalue weighted by Crippen LogP contribution is 2.34. The summed E-state index contributed by atoms with van der Waals surface area (Å²) in [5, 5.41) is 5.81. The number of thiophene rings is 1. The van der Waals surface area contributed by atoms with Gasteiger partial charge in [0.05, 0.1) is 6.61 Å². The van der Waals surface area contributed by atoms with E-state index in [-0.39, 0.29) is 0 Å². The lowest BCUT2D eigenvalue weighted by Gasteiger charge is -2.19. The lowest BCUT2D eigenvalue weighted by atomic mass is 10.00. The van der Waals surface area contributed by atoms with E-state index in [1.165, 1.54) is 20.5 Å². The number of aryl methyl sites for hydroxylation is 1. The molecule has 0 aliphatic carbocycles. The summed E-state index contributed by atoms with van der Waals surface area (Å²) in [6, 6.07) is 8.92. The van der Waals surface area contributed by atoms with Gasteiger partial charge in [0.2, 0.25) is 0 Å². The van der Waals surface area contributed by atoms with E-state index in [4.69, 9.17) is 4.74 Å². The lowest BCUT2D eigenvalue weighted by molar-refractivity contribution is 0.313. The molecule has 1 aliphatic rings. The Morgan fingerprint density at radius 3 is 3.10 bits per heavy atom. The van der Waals surface area contributed by atoms with Gasteiger partial charge >= 0.3 is 0 Å². The first kappa shape index (κ1) is 14.1. The molecule has 1 N–H and O–H groups in total. The zero-order chi connectivity index (χ0) is 13.9. The molecule has 0 fully saturated rings. The third kappa shape index (κ3) is 2.92. The van der Waals surface area contributed by atoms with Crippen LogP contribution in [0.25, 0.3) is 0 Å². The summed E-state index contributed by atoms with van der Waals surface area (Å²) in [6.45, 7) is 3.84. The molecule has 3 rings (SSSR count). The second kappa shape index (κ2) is 6.29. The fraction of sp³-hybridized carbons (Fsp3) is 0.375. The first-order valence-corrected chi connectivity index (χ1v) is 8.60. The highest BCUT2D eigenvalue weighted by atomic mass is 79.9. The number of nitrogens with one attached hydrogen (secondary N) is 1. The van der Waals surface area contributed by atoms with Gasteiger partial charge in [0, 0.05) is 27.5 Å². The Kier molecular flexibility index (Phi) is 4.44. The summed E-state index contributed by atoms with van der Waals surface area (Å²) in [7, 11) is 0. The van der Waals surface area contributed by atoms with E-state index in [9.17, 15) is 0 Å². The van der Waals surface area contributed by atoms with Crippen molar-refractivity contribution < 1.29 is 4.74 Å². The van der Waals surface area contributed by atoms with E-state index in [0.29, 0.717) is 6.04 Å². The summed E-state index contributed by atoms with van der Waals surface area (Å²) in [6.07, 6.45) is 2.22. The lowest BCUT2D eigenvalue weighted by Crippen LogP contribution is -2.20. The van der Waals surface area contributed by atoms with E-state index in [1.807, 2.05) is 0 Å². The predicted octanol–water partition coefficient (Wildman–Crippen LogP) is 4.82. The van der Waals surface area contributed by atoms with Crippen molar-refractivity contribution in [3.8, 4) is 5.75 Å². The van der Waals surface area contributed by atoms with E-state index in [0.717, 1.165) is 31.7 Å². The molecule has 1 aromatic carbocycles. The van der Waals surface area contributed by atoms with Gasteiger partial charge < -0.3 is 10.1 Å². The fourth-order valence-electron chi connectivity index (χ4n) is 2.64. The van der Waals surface area contributed by atoms with Crippen molar-refractivity contribution in [2.75, 3.05) is 6.61 Å². The summed E-state index contributed by atoms with van der Waals surface area (Å²) >= 11 is 5.38. The van der Waals surface area contributed by atoms with Crippen molar-refractivity contribution in [2.45, 2.75) is 32.4 Å². The number of rotatable bonds is 3. The van der Waals surface area contributed by atoms with Crippen molar-refractivity contribution >= 4 is 27.3 Å². The monoisotopic (exact) mass is 351 g/mol. The molecule has 0 bridgehead atoms. The first-order valence-electron chi connectivity index (χ1n) is 6.93. The van der Waals surface area contributed by atoms with Crippen molar-refractivity contribution in [2.24, 2.45) is 0 Å². The first-order chi connectivity index (χ1) is 9.75. The van der Waals surface area contributed by atoms with Gasteiger partial charge in [0.1, 0.15) is 5.75 Å². The zero-order valence-corrected chi connectivity index (χ0v) is 13.9. The highest BCUT2D eigenvalue weighted by Gasteiger charge is 2.20. The van der Waals surface area contributed by atoms with Crippen LogP contribution < -0.4 is 10.1 Å². The van der Waals surface area contributed by atoms with Crippen LogP contribution in [-0.4, -0.2) is 6.61 Å². The molecular formula is C16H18BrNOS. The summed E-state index contributed by atoms with van der Waals surface area (Å²) < 4.78 is 7.12. The smallest absolute Gasteiger partial charge is 0.126 e. The number of ether oxygens (including phenoxy) is 1. The second-order valence-electron chi connectivity index (χ2n) is 5.11. The Hall–Kier alpha value is -0.840.